The number of aliphatic imine (C=N–C) groups is 2. The van der Waals surface area contributed by atoms with Crippen molar-refractivity contribution < 1.29 is 9.47 Å². The summed E-state index contributed by atoms with van der Waals surface area (Å²) in [5.74, 6) is 1.38. The van der Waals surface area contributed by atoms with Gasteiger partial charge >= 0.3 is 0 Å². The number of ether oxygens (including phenoxy) is 2. The van der Waals surface area contributed by atoms with Gasteiger partial charge in [-0.1, -0.05) is 72.8 Å². The molecule has 0 heterocycles. The summed E-state index contributed by atoms with van der Waals surface area (Å²) in [6, 6.07) is 35.3. The summed E-state index contributed by atoms with van der Waals surface area (Å²) < 4.78 is 12.0. The van der Waals surface area contributed by atoms with Gasteiger partial charge in [0.05, 0.1) is 6.61 Å². The number of rotatable bonds is 7. The largest absolute Gasteiger partial charge is 0.492 e. The number of hydrogen-bond donors (Lipinski definition) is 0. The molecule has 4 nitrogen and oxygen atoms in total. The first-order valence-electron chi connectivity index (χ1n) is 11.8. The summed E-state index contributed by atoms with van der Waals surface area (Å²) in [6.45, 7) is 8.56. The Morgan fingerprint density at radius 1 is 0.629 bits per heavy atom. The second kappa shape index (κ2) is 10.9. The molecule has 4 aromatic rings. The molecule has 4 aromatic carbocycles. The minimum Gasteiger partial charge on any atom is -0.492 e. The summed E-state index contributed by atoms with van der Waals surface area (Å²) in [7, 11) is 0. The zero-order chi connectivity index (χ0) is 24.7. The highest BCUT2D eigenvalue weighted by Gasteiger charge is 2.15. The van der Waals surface area contributed by atoms with Crippen molar-refractivity contribution in [2.45, 2.75) is 33.3 Å². The van der Waals surface area contributed by atoms with Gasteiger partial charge in [-0.05, 0) is 74.2 Å². The fraction of sp³-hybridized carbons (Fsp3) is 0.194. The molecule has 0 fully saturated rings. The first kappa shape index (κ1) is 24.0. The maximum Gasteiger partial charge on any atom is 0.146 e. The number of nitrogens with zero attached hydrogens (tertiary/aromatic N) is 2. The van der Waals surface area contributed by atoms with E-state index in [4.69, 9.17) is 9.47 Å². The van der Waals surface area contributed by atoms with E-state index >= 15 is 0 Å². The highest BCUT2D eigenvalue weighted by atomic mass is 16.5. The second-order valence-electron chi connectivity index (χ2n) is 9.07. The Bertz CT molecular complexity index is 1330. The lowest BCUT2D eigenvalue weighted by Gasteiger charge is -2.22. The molecule has 0 bridgehead atoms. The van der Waals surface area contributed by atoms with Crippen LogP contribution >= 0.6 is 0 Å². The summed E-state index contributed by atoms with van der Waals surface area (Å²) in [5.41, 5.74) is 5.31. The first-order valence-corrected chi connectivity index (χ1v) is 11.8. The molecule has 0 aliphatic rings. The molecule has 0 atom stereocenters. The minimum atomic E-state index is -0.359. The topological polar surface area (TPSA) is 43.2 Å². The first-order chi connectivity index (χ1) is 16.9. The smallest absolute Gasteiger partial charge is 0.146 e. The summed E-state index contributed by atoms with van der Waals surface area (Å²) >= 11 is 0. The van der Waals surface area contributed by atoms with Crippen LogP contribution in [0.1, 0.15) is 27.7 Å². The van der Waals surface area contributed by atoms with Gasteiger partial charge in [0, 0.05) is 0 Å². The highest BCUT2D eigenvalue weighted by molar-refractivity contribution is 5.75. The average molecular weight is 463 g/mol. The Balaban J connectivity index is 1.74. The molecular formula is C31H30N2O2. The van der Waals surface area contributed by atoms with E-state index < -0.39 is 0 Å². The van der Waals surface area contributed by atoms with Crippen molar-refractivity contribution in [3.63, 3.8) is 0 Å². The SMILES string of the molecule is CCOc1ccc(-c2ccccc2)cc1N=C=Nc1cc(-c2ccccc2)ccc1OC(C)(C)C. The molecule has 0 aliphatic carbocycles. The standard InChI is InChI=1S/C31H30N2O2/c1-5-34-29-18-16-25(23-12-8-6-9-13-23)20-27(29)32-22-33-28-21-26(24-14-10-7-11-15-24)17-19-30(28)35-31(2,3)4/h6-21H,5H2,1-4H3. The number of hydrogen-bond acceptors (Lipinski definition) is 4. The van der Waals surface area contributed by atoms with Gasteiger partial charge in [-0.2, -0.15) is 9.98 Å². The van der Waals surface area contributed by atoms with Crippen LogP contribution in [-0.4, -0.2) is 18.2 Å². The van der Waals surface area contributed by atoms with Crippen molar-refractivity contribution in [3.8, 4) is 33.8 Å². The zero-order valence-corrected chi connectivity index (χ0v) is 20.7. The van der Waals surface area contributed by atoms with Crippen LogP contribution in [0.25, 0.3) is 22.3 Å². The molecule has 0 saturated carbocycles. The summed E-state index contributed by atoms with van der Waals surface area (Å²) in [6.07, 6.45) is 0. The lowest BCUT2D eigenvalue weighted by atomic mass is 10.0. The molecule has 0 amide bonds. The quantitative estimate of drug-likeness (QED) is 0.258. The Morgan fingerprint density at radius 2 is 1.11 bits per heavy atom. The van der Waals surface area contributed by atoms with E-state index in [1.54, 1.807) is 0 Å². The van der Waals surface area contributed by atoms with E-state index in [9.17, 15) is 0 Å². The van der Waals surface area contributed by atoms with Crippen LogP contribution in [0.15, 0.2) is 107 Å². The van der Waals surface area contributed by atoms with Crippen molar-refractivity contribution in [2.75, 3.05) is 6.61 Å². The Labute approximate surface area is 207 Å². The third-order valence-corrected chi connectivity index (χ3v) is 5.19. The predicted octanol–water partition coefficient (Wildman–Crippen LogP) is 8.73. The van der Waals surface area contributed by atoms with E-state index in [-0.39, 0.29) is 5.60 Å². The van der Waals surface area contributed by atoms with Crippen LogP contribution in [0.5, 0.6) is 11.5 Å². The van der Waals surface area contributed by atoms with Crippen molar-refractivity contribution in [1.82, 2.24) is 0 Å². The molecule has 0 saturated heterocycles. The molecule has 0 N–H and O–H groups in total. The van der Waals surface area contributed by atoms with Gasteiger partial charge < -0.3 is 9.47 Å². The summed E-state index contributed by atoms with van der Waals surface area (Å²) in [5, 5.41) is 0. The van der Waals surface area contributed by atoms with Crippen LogP contribution in [-0.2, 0) is 0 Å². The van der Waals surface area contributed by atoms with E-state index in [1.165, 1.54) is 0 Å². The molecule has 4 heteroatoms. The fourth-order valence-electron chi connectivity index (χ4n) is 3.66. The monoisotopic (exact) mass is 462 g/mol. The van der Waals surface area contributed by atoms with Gasteiger partial charge in [-0.25, -0.2) is 0 Å². The maximum atomic E-state index is 6.17. The minimum absolute atomic E-state index is 0.359. The lowest BCUT2D eigenvalue weighted by molar-refractivity contribution is 0.132. The molecule has 0 spiro atoms. The molecule has 0 aromatic heterocycles. The Kier molecular flexibility index (Phi) is 7.45. The normalized spacial score (nSPS) is 10.9. The van der Waals surface area contributed by atoms with Gasteiger partial charge in [0.2, 0.25) is 0 Å². The van der Waals surface area contributed by atoms with Crippen molar-refractivity contribution >= 4 is 17.4 Å². The zero-order valence-electron chi connectivity index (χ0n) is 20.7. The molecule has 0 radical (unpaired) electrons. The molecule has 176 valence electrons. The van der Waals surface area contributed by atoms with Gasteiger partial charge in [-0.3, -0.25) is 0 Å². The van der Waals surface area contributed by atoms with Gasteiger partial charge in [0.15, 0.2) is 0 Å². The van der Waals surface area contributed by atoms with Gasteiger partial charge in [0.1, 0.15) is 34.5 Å². The van der Waals surface area contributed by atoms with E-state index in [1.807, 2.05) is 100 Å². The summed E-state index contributed by atoms with van der Waals surface area (Å²) in [4.78, 5) is 9.13. The lowest BCUT2D eigenvalue weighted by Crippen LogP contribution is -2.22. The van der Waals surface area contributed by atoms with Gasteiger partial charge in [0.25, 0.3) is 0 Å². The van der Waals surface area contributed by atoms with Crippen LogP contribution < -0.4 is 9.47 Å². The molecule has 0 unspecified atom stereocenters. The van der Waals surface area contributed by atoms with Crippen LogP contribution in [0.2, 0.25) is 0 Å². The number of benzene rings is 4. The van der Waals surface area contributed by atoms with Crippen LogP contribution in [0.3, 0.4) is 0 Å². The maximum absolute atomic E-state index is 6.17. The second-order valence-corrected chi connectivity index (χ2v) is 9.07. The van der Waals surface area contributed by atoms with E-state index in [0.29, 0.717) is 29.5 Å². The average Bonchev–Trinajstić information content (AvgIpc) is 2.86. The van der Waals surface area contributed by atoms with Crippen LogP contribution in [0.4, 0.5) is 11.4 Å². The fourth-order valence-corrected chi connectivity index (χ4v) is 3.66. The third kappa shape index (κ3) is 6.47. The predicted molar refractivity (Wildman–Crippen MR) is 144 cm³/mol. The van der Waals surface area contributed by atoms with Crippen LogP contribution in [0, 0.1) is 0 Å². The Morgan fingerprint density at radius 3 is 1.60 bits per heavy atom. The molecular weight excluding hydrogens is 432 g/mol. The van der Waals surface area contributed by atoms with E-state index in [0.717, 1.165) is 22.3 Å². The molecule has 35 heavy (non-hydrogen) atoms. The van der Waals surface area contributed by atoms with Crippen molar-refractivity contribution in [2.24, 2.45) is 9.98 Å². The molecule has 4 rings (SSSR count). The van der Waals surface area contributed by atoms with Crippen molar-refractivity contribution in [1.29, 1.82) is 0 Å². The van der Waals surface area contributed by atoms with E-state index in [2.05, 4.69) is 40.3 Å². The Hall–Kier alpha value is -4.14. The van der Waals surface area contributed by atoms with Gasteiger partial charge in [-0.15, -0.1) is 0 Å². The third-order valence-electron chi connectivity index (χ3n) is 5.19. The molecule has 0 aliphatic heterocycles. The van der Waals surface area contributed by atoms with Crippen molar-refractivity contribution in [3.05, 3.63) is 97.1 Å². The highest BCUT2D eigenvalue weighted by Crippen LogP contribution is 2.36.